The smallest absolute Gasteiger partial charge is 0.343 e. The number of esters is 2. The summed E-state index contributed by atoms with van der Waals surface area (Å²) in [6, 6.07) is 19.6. The average Bonchev–Trinajstić information content (AvgIpc) is 3.00. The summed E-state index contributed by atoms with van der Waals surface area (Å²) >= 11 is 5.30. The number of ether oxygens (including phenoxy) is 4. The van der Waals surface area contributed by atoms with Crippen LogP contribution in [0.25, 0.3) is 0 Å². The first kappa shape index (κ1) is 30.7. The molecule has 0 aliphatic carbocycles. The van der Waals surface area contributed by atoms with Gasteiger partial charge in [0.05, 0.1) is 37.1 Å². The van der Waals surface area contributed by atoms with Crippen molar-refractivity contribution in [1.29, 1.82) is 0 Å². The Morgan fingerprint density at radius 1 is 0.977 bits per heavy atom. The zero-order valence-corrected chi connectivity index (χ0v) is 24.5. The van der Waals surface area contributed by atoms with E-state index in [0.29, 0.717) is 50.3 Å². The zero-order valence-electron chi connectivity index (χ0n) is 23.7. The summed E-state index contributed by atoms with van der Waals surface area (Å²) in [5, 5.41) is 10.3. The minimum atomic E-state index is -0.636. The van der Waals surface area contributed by atoms with Crippen LogP contribution in [0.1, 0.15) is 41.4 Å². The molecule has 0 fully saturated rings. The SMILES string of the molecule is CCOC(=O)C1=C(C)NC(=S)N[C@@H]1c1ccccc1OCC(=O)NN=Cc1ccc(OC(=O)c2ccc(OC)cc2)cc1. The van der Waals surface area contributed by atoms with Gasteiger partial charge in [-0.2, -0.15) is 5.10 Å². The molecule has 0 radical (unpaired) electrons. The number of carbonyl (C=O) groups excluding carboxylic acids is 3. The molecule has 0 spiro atoms. The highest BCUT2D eigenvalue weighted by molar-refractivity contribution is 7.80. The fourth-order valence-electron chi connectivity index (χ4n) is 4.13. The van der Waals surface area contributed by atoms with E-state index in [2.05, 4.69) is 21.2 Å². The predicted molar refractivity (Wildman–Crippen MR) is 163 cm³/mol. The van der Waals surface area contributed by atoms with Crippen LogP contribution in [-0.4, -0.2) is 49.5 Å². The fraction of sp³-hybridized carbons (Fsp3) is 0.194. The molecule has 1 aliphatic heterocycles. The van der Waals surface area contributed by atoms with E-state index in [1.165, 1.54) is 6.21 Å². The first-order valence-electron chi connectivity index (χ1n) is 13.2. The molecular weight excluding hydrogens is 572 g/mol. The molecule has 0 saturated carbocycles. The van der Waals surface area contributed by atoms with Gasteiger partial charge >= 0.3 is 11.9 Å². The van der Waals surface area contributed by atoms with Gasteiger partial charge in [-0.15, -0.1) is 0 Å². The molecule has 0 aromatic heterocycles. The highest BCUT2D eigenvalue weighted by Crippen LogP contribution is 2.33. The summed E-state index contributed by atoms with van der Waals surface area (Å²) in [6.45, 7) is 3.35. The Morgan fingerprint density at radius 2 is 1.67 bits per heavy atom. The molecule has 11 nitrogen and oxygen atoms in total. The molecule has 43 heavy (non-hydrogen) atoms. The Morgan fingerprint density at radius 3 is 2.37 bits per heavy atom. The Labute approximate surface area is 253 Å². The van der Waals surface area contributed by atoms with Crippen LogP contribution >= 0.6 is 12.2 Å². The molecule has 3 aromatic rings. The summed E-state index contributed by atoms with van der Waals surface area (Å²) < 4.78 is 21.5. The number of para-hydroxylation sites is 1. The number of thiocarbonyl (C=S) groups is 1. The van der Waals surface area contributed by atoms with Crippen molar-refractivity contribution in [3.63, 3.8) is 0 Å². The van der Waals surface area contributed by atoms with Crippen molar-refractivity contribution < 1.29 is 33.3 Å². The second-order valence-corrected chi connectivity index (χ2v) is 9.51. The van der Waals surface area contributed by atoms with Crippen molar-refractivity contribution in [1.82, 2.24) is 16.1 Å². The molecule has 222 valence electrons. The van der Waals surface area contributed by atoms with E-state index in [9.17, 15) is 14.4 Å². The average molecular weight is 603 g/mol. The molecule has 1 atom stereocenters. The third kappa shape index (κ3) is 8.17. The molecular formula is C31H30N4O7S. The zero-order chi connectivity index (χ0) is 30.8. The summed E-state index contributed by atoms with van der Waals surface area (Å²) in [5.41, 5.74) is 5.01. The monoisotopic (exact) mass is 602 g/mol. The summed E-state index contributed by atoms with van der Waals surface area (Å²) in [7, 11) is 1.55. The van der Waals surface area contributed by atoms with Crippen molar-refractivity contribution in [3.8, 4) is 17.2 Å². The number of allylic oxidation sites excluding steroid dienone is 1. The standard InChI is InChI=1S/C31H30N4O7S/c1-4-40-30(38)27-19(2)33-31(43)34-28(27)24-7-5-6-8-25(24)41-18-26(36)35-32-17-20-9-13-23(14-10-20)42-29(37)21-11-15-22(39-3)16-12-21/h5-17,28H,4,18H2,1-3H3,(H,35,36)(H2,33,34,43)/t28-/m1/s1. The fourth-order valence-corrected chi connectivity index (χ4v) is 4.40. The van der Waals surface area contributed by atoms with E-state index >= 15 is 0 Å². The normalized spacial score (nSPS) is 14.4. The van der Waals surface area contributed by atoms with E-state index in [1.807, 2.05) is 0 Å². The van der Waals surface area contributed by atoms with Crippen molar-refractivity contribution in [3.05, 3.63) is 101 Å². The Balaban J connectivity index is 1.33. The van der Waals surface area contributed by atoms with Crippen LogP contribution in [0, 0.1) is 0 Å². The van der Waals surface area contributed by atoms with E-state index in [0.717, 1.165) is 0 Å². The van der Waals surface area contributed by atoms with E-state index in [-0.39, 0.29) is 13.2 Å². The molecule has 1 aliphatic rings. The maximum absolute atomic E-state index is 12.7. The second-order valence-electron chi connectivity index (χ2n) is 9.10. The van der Waals surface area contributed by atoms with Crippen LogP contribution in [-0.2, 0) is 14.3 Å². The van der Waals surface area contributed by atoms with Crippen LogP contribution in [0.4, 0.5) is 0 Å². The van der Waals surface area contributed by atoms with Gasteiger partial charge in [-0.1, -0.05) is 18.2 Å². The highest BCUT2D eigenvalue weighted by atomic mass is 32.1. The Kier molecular flexibility index (Phi) is 10.4. The molecule has 1 heterocycles. The number of nitrogens with one attached hydrogen (secondary N) is 3. The van der Waals surface area contributed by atoms with Crippen LogP contribution in [0.3, 0.4) is 0 Å². The summed E-state index contributed by atoms with van der Waals surface area (Å²) in [4.78, 5) is 37.5. The molecule has 3 aromatic carbocycles. The first-order chi connectivity index (χ1) is 20.8. The third-order valence-electron chi connectivity index (χ3n) is 6.17. The van der Waals surface area contributed by atoms with Crippen LogP contribution in [0.5, 0.6) is 17.2 Å². The number of hydrogen-bond acceptors (Lipinski definition) is 9. The summed E-state index contributed by atoms with van der Waals surface area (Å²) in [6.07, 6.45) is 1.44. The first-order valence-corrected chi connectivity index (χ1v) is 13.6. The van der Waals surface area contributed by atoms with Gasteiger partial charge < -0.3 is 29.6 Å². The number of hydrogen-bond donors (Lipinski definition) is 3. The Hall–Kier alpha value is -5.23. The molecule has 0 unspecified atom stereocenters. The van der Waals surface area contributed by atoms with Crippen molar-refractivity contribution in [2.24, 2.45) is 5.10 Å². The van der Waals surface area contributed by atoms with Gasteiger partial charge in [0.25, 0.3) is 5.91 Å². The quantitative estimate of drug-likeness (QED) is 0.0978. The third-order valence-corrected chi connectivity index (χ3v) is 6.39. The molecule has 1 amide bonds. The minimum absolute atomic E-state index is 0.216. The maximum Gasteiger partial charge on any atom is 0.343 e. The lowest BCUT2D eigenvalue weighted by molar-refractivity contribution is -0.139. The summed E-state index contributed by atoms with van der Waals surface area (Å²) in [5.74, 6) is -0.104. The van der Waals surface area contributed by atoms with Gasteiger partial charge in [-0.3, -0.25) is 4.79 Å². The van der Waals surface area contributed by atoms with Gasteiger partial charge in [-0.25, -0.2) is 15.0 Å². The highest BCUT2D eigenvalue weighted by Gasteiger charge is 2.32. The lowest BCUT2D eigenvalue weighted by Gasteiger charge is -2.30. The van der Waals surface area contributed by atoms with Crippen molar-refractivity contribution in [2.75, 3.05) is 20.3 Å². The number of nitrogens with zero attached hydrogens (tertiary/aromatic N) is 1. The number of carbonyl (C=O) groups is 3. The second kappa shape index (κ2) is 14.6. The van der Waals surface area contributed by atoms with E-state index in [4.69, 9.17) is 31.2 Å². The van der Waals surface area contributed by atoms with Gasteiger partial charge in [0.2, 0.25) is 0 Å². The number of hydrazone groups is 1. The molecule has 0 bridgehead atoms. The van der Waals surface area contributed by atoms with E-state index in [1.54, 1.807) is 93.8 Å². The molecule has 0 saturated heterocycles. The number of benzene rings is 3. The molecule has 12 heteroatoms. The predicted octanol–water partition coefficient (Wildman–Crippen LogP) is 3.80. The van der Waals surface area contributed by atoms with Crippen molar-refractivity contribution in [2.45, 2.75) is 19.9 Å². The number of amides is 1. The molecule has 4 rings (SSSR count). The van der Waals surface area contributed by atoms with Gasteiger partial charge in [0, 0.05) is 11.3 Å². The number of rotatable bonds is 11. The number of methoxy groups -OCH3 is 1. The Bertz CT molecular complexity index is 1550. The lowest BCUT2D eigenvalue weighted by atomic mass is 9.95. The maximum atomic E-state index is 12.7. The topological polar surface area (TPSA) is 137 Å². The lowest BCUT2D eigenvalue weighted by Crippen LogP contribution is -2.45. The van der Waals surface area contributed by atoms with Crippen LogP contribution in [0.2, 0.25) is 0 Å². The largest absolute Gasteiger partial charge is 0.497 e. The van der Waals surface area contributed by atoms with Gasteiger partial charge in [0.1, 0.15) is 17.2 Å². The van der Waals surface area contributed by atoms with E-state index < -0.39 is 23.9 Å². The van der Waals surface area contributed by atoms with Gasteiger partial charge in [0.15, 0.2) is 11.7 Å². The molecule has 3 N–H and O–H groups in total. The van der Waals surface area contributed by atoms with Crippen molar-refractivity contribution >= 4 is 41.4 Å². The van der Waals surface area contributed by atoms with Crippen LogP contribution in [0.15, 0.2) is 89.2 Å². The van der Waals surface area contributed by atoms with Gasteiger partial charge in [-0.05, 0) is 86.2 Å². The minimum Gasteiger partial charge on any atom is -0.497 e. The van der Waals surface area contributed by atoms with Crippen LogP contribution < -0.4 is 30.3 Å².